The van der Waals surface area contributed by atoms with E-state index in [2.05, 4.69) is 35.2 Å². The zero-order chi connectivity index (χ0) is 14.4. The fourth-order valence-corrected chi connectivity index (χ4v) is 4.44. The van der Waals surface area contributed by atoms with Gasteiger partial charge < -0.3 is 10.6 Å². The summed E-state index contributed by atoms with van der Waals surface area (Å²) in [5.74, 6) is 0.993. The molecule has 2 aromatic heterocycles. The molecule has 5 nitrogen and oxygen atoms in total. The molecule has 112 valence electrons. The fraction of sp³-hybridized carbons (Fsp3) is 0.600. The first kappa shape index (κ1) is 13.5. The number of piperidine rings is 1. The maximum atomic E-state index is 6.37. The number of nitrogens with two attached hydrogens (primary N) is 1. The highest BCUT2D eigenvalue weighted by atomic mass is 79.9. The molecule has 4 rings (SSSR count). The molecule has 6 heteroatoms. The number of hydrogen-bond acceptors (Lipinski definition) is 4. The predicted octanol–water partition coefficient (Wildman–Crippen LogP) is 2.59. The zero-order valence-corrected chi connectivity index (χ0v) is 13.6. The van der Waals surface area contributed by atoms with Gasteiger partial charge in [0.25, 0.3) is 0 Å². The van der Waals surface area contributed by atoms with E-state index in [9.17, 15) is 0 Å². The molecule has 1 saturated heterocycles. The second kappa shape index (κ2) is 4.95. The van der Waals surface area contributed by atoms with Crippen molar-refractivity contribution in [1.82, 2.24) is 14.4 Å². The normalized spacial score (nSPS) is 25.0. The molecule has 0 unspecified atom stereocenters. The van der Waals surface area contributed by atoms with E-state index in [1.165, 1.54) is 32.1 Å². The fourth-order valence-electron chi connectivity index (χ4n) is 4.05. The van der Waals surface area contributed by atoms with Crippen molar-refractivity contribution >= 4 is 27.5 Å². The molecule has 0 radical (unpaired) electrons. The lowest BCUT2D eigenvalue weighted by Gasteiger charge is -2.42. The third kappa shape index (κ3) is 2.07. The van der Waals surface area contributed by atoms with E-state index in [-0.39, 0.29) is 0 Å². The van der Waals surface area contributed by atoms with Crippen LogP contribution >= 0.6 is 15.9 Å². The molecule has 1 saturated carbocycles. The van der Waals surface area contributed by atoms with Gasteiger partial charge in [-0.25, -0.2) is 9.97 Å². The lowest BCUT2D eigenvalue weighted by Crippen LogP contribution is -2.47. The molecule has 1 atom stereocenters. The van der Waals surface area contributed by atoms with Crippen molar-refractivity contribution in [3.8, 4) is 0 Å². The van der Waals surface area contributed by atoms with Gasteiger partial charge in [0.1, 0.15) is 0 Å². The summed E-state index contributed by atoms with van der Waals surface area (Å²) >= 11 is 3.51. The third-order valence-corrected chi connectivity index (χ3v) is 5.94. The molecular formula is C15H20BrN5. The first-order valence-electron chi connectivity index (χ1n) is 7.68. The second-order valence-electron chi connectivity index (χ2n) is 6.38. The Hall–Kier alpha value is -1.14. The minimum atomic E-state index is 0.389. The summed E-state index contributed by atoms with van der Waals surface area (Å²) in [6.07, 6.45) is 11.8. The Labute approximate surface area is 132 Å². The summed E-state index contributed by atoms with van der Waals surface area (Å²) in [5, 5.41) is 0. The lowest BCUT2D eigenvalue weighted by atomic mass is 9.74. The number of rotatable bonds is 1. The SMILES string of the molecule is N[C@@H]1CCCC12CCN(c1ncc(Br)c3nccn13)CC2. The van der Waals surface area contributed by atoms with Crippen molar-refractivity contribution in [2.45, 2.75) is 38.1 Å². The number of aromatic nitrogens is 3. The van der Waals surface area contributed by atoms with Crippen molar-refractivity contribution < 1.29 is 0 Å². The number of anilines is 1. The second-order valence-corrected chi connectivity index (χ2v) is 7.23. The van der Waals surface area contributed by atoms with Gasteiger partial charge in [0, 0.05) is 37.7 Å². The van der Waals surface area contributed by atoms with Crippen LogP contribution in [0, 0.1) is 5.41 Å². The van der Waals surface area contributed by atoms with Gasteiger partial charge in [0.15, 0.2) is 5.65 Å². The zero-order valence-electron chi connectivity index (χ0n) is 12.0. The Kier molecular flexibility index (Phi) is 3.19. The molecule has 2 aliphatic rings. The summed E-state index contributed by atoms with van der Waals surface area (Å²) in [6.45, 7) is 2.07. The van der Waals surface area contributed by atoms with E-state index >= 15 is 0 Å². The molecular weight excluding hydrogens is 330 g/mol. The highest BCUT2D eigenvalue weighted by Gasteiger charge is 2.43. The molecule has 1 aliphatic heterocycles. The average Bonchev–Trinajstić information content (AvgIpc) is 3.10. The highest BCUT2D eigenvalue weighted by molar-refractivity contribution is 9.10. The van der Waals surface area contributed by atoms with E-state index in [1.54, 1.807) is 0 Å². The van der Waals surface area contributed by atoms with E-state index < -0.39 is 0 Å². The quantitative estimate of drug-likeness (QED) is 0.859. The minimum Gasteiger partial charge on any atom is -0.342 e. The summed E-state index contributed by atoms with van der Waals surface area (Å²) in [4.78, 5) is 11.4. The number of nitrogens with zero attached hydrogens (tertiary/aromatic N) is 4. The molecule has 1 aliphatic carbocycles. The maximum absolute atomic E-state index is 6.37. The van der Waals surface area contributed by atoms with E-state index in [4.69, 9.17) is 5.73 Å². The first-order chi connectivity index (χ1) is 10.2. The number of fused-ring (bicyclic) bond motifs is 1. The van der Waals surface area contributed by atoms with Crippen LogP contribution in [0.3, 0.4) is 0 Å². The van der Waals surface area contributed by atoms with Crippen LogP contribution in [0.25, 0.3) is 5.65 Å². The van der Waals surface area contributed by atoms with Gasteiger partial charge in [0.05, 0.1) is 4.47 Å². The third-order valence-electron chi connectivity index (χ3n) is 5.38. The Morgan fingerprint density at radius 1 is 1.24 bits per heavy atom. The van der Waals surface area contributed by atoms with Gasteiger partial charge in [-0.15, -0.1) is 0 Å². The predicted molar refractivity (Wildman–Crippen MR) is 86.4 cm³/mol. The van der Waals surface area contributed by atoms with Gasteiger partial charge in [-0.1, -0.05) is 6.42 Å². The summed E-state index contributed by atoms with van der Waals surface area (Å²) in [7, 11) is 0. The Bertz CT molecular complexity index is 659. The van der Waals surface area contributed by atoms with Gasteiger partial charge in [-0.2, -0.15) is 0 Å². The highest BCUT2D eigenvalue weighted by Crippen LogP contribution is 2.45. The first-order valence-corrected chi connectivity index (χ1v) is 8.47. The van der Waals surface area contributed by atoms with Gasteiger partial charge >= 0.3 is 0 Å². The van der Waals surface area contributed by atoms with Gasteiger partial charge in [-0.05, 0) is 47.0 Å². The molecule has 2 N–H and O–H groups in total. The van der Waals surface area contributed by atoms with Crippen LogP contribution in [0.5, 0.6) is 0 Å². The number of halogens is 1. The standard InChI is InChI=1S/C15H20BrN5/c16-11-10-19-14(21-9-6-18-13(11)21)20-7-4-15(5-8-20)3-1-2-12(15)17/h6,9-10,12H,1-5,7-8,17H2/t12-/m1/s1. The molecule has 0 amide bonds. The summed E-state index contributed by atoms with van der Waals surface area (Å²) < 4.78 is 3.00. The number of hydrogen-bond donors (Lipinski definition) is 1. The topological polar surface area (TPSA) is 59.5 Å². The Balaban J connectivity index is 1.61. The maximum Gasteiger partial charge on any atom is 0.211 e. The van der Waals surface area contributed by atoms with Crippen LogP contribution < -0.4 is 10.6 Å². The van der Waals surface area contributed by atoms with E-state index in [1.807, 2.05) is 18.6 Å². The average molecular weight is 350 g/mol. The molecule has 0 bridgehead atoms. The van der Waals surface area contributed by atoms with Crippen LogP contribution in [0.2, 0.25) is 0 Å². The van der Waals surface area contributed by atoms with Crippen LogP contribution in [-0.4, -0.2) is 33.5 Å². The van der Waals surface area contributed by atoms with Gasteiger partial charge in [-0.3, -0.25) is 4.40 Å². The van der Waals surface area contributed by atoms with Crippen LogP contribution in [0.1, 0.15) is 32.1 Å². The summed E-state index contributed by atoms with van der Waals surface area (Å²) in [6, 6.07) is 0.394. The van der Waals surface area contributed by atoms with Crippen molar-refractivity contribution in [2.24, 2.45) is 11.1 Å². The van der Waals surface area contributed by atoms with Crippen molar-refractivity contribution in [3.05, 3.63) is 23.1 Å². The largest absolute Gasteiger partial charge is 0.342 e. The Morgan fingerprint density at radius 2 is 2.05 bits per heavy atom. The minimum absolute atomic E-state index is 0.389. The van der Waals surface area contributed by atoms with E-state index in [0.717, 1.165) is 29.2 Å². The van der Waals surface area contributed by atoms with Crippen molar-refractivity contribution in [3.63, 3.8) is 0 Å². The lowest BCUT2D eigenvalue weighted by molar-refractivity contribution is 0.197. The van der Waals surface area contributed by atoms with Crippen LogP contribution in [0.4, 0.5) is 5.95 Å². The van der Waals surface area contributed by atoms with E-state index in [0.29, 0.717) is 11.5 Å². The Morgan fingerprint density at radius 3 is 2.76 bits per heavy atom. The van der Waals surface area contributed by atoms with Gasteiger partial charge in [0.2, 0.25) is 5.95 Å². The smallest absolute Gasteiger partial charge is 0.211 e. The molecule has 3 heterocycles. The van der Waals surface area contributed by atoms with Crippen LogP contribution in [0.15, 0.2) is 23.1 Å². The molecule has 2 aromatic rings. The molecule has 2 fully saturated rings. The monoisotopic (exact) mass is 349 g/mol. The number of imidazole rings is 1. The molecule has 1 spiro atoms. The van der Waals surface area contributed by atoms with Crippen molar-refractivity contribution in [1.29, 1.82) is 0 Å². The van der Waals surface area contributed by atoms with Crippen LogP contribution in [-0.2, 0) is 0 Å². The molecule has 0 aromatic carbocycles. The van der Waals surface area contributed by atoms with Crippen molar-refractivity contribution in [2.75, 3.05) is 18.0 Å². The molecule has 21 heavy (non-hydrogen) atoms. The summed E-state index contributed by atoms with van der Waals surface area (Å²) in [5.41, 5.74) is 7.68.